The molecule has 0 saturated heterocycles. The predicted molar refractivity (Wildman–Crippen MR) is 73.8 cm³/mol. The second-order valence-electron chi connectivity index (χ2n) is 4.62. The van der Waals surface area contributed by atoms with Crippen LogP contribution in [-0.4, -0.2) is 33.9 Å². The monoisotopic (exact) mass is 273 g/mol. The second-order valence-corrected chi connectivity index (χ2v) is 4.62. The van der Waals surface area contributed by atoms with Crippen LogP contribution < -0.4 is 11.1 Å². The quantitative estimate of drug-likeness (QED) is 0.813. The normalized spacial score (nSPS) is 14.1. The number of aromatic nitrogens is 3. The van der Waals surface area contributed by atoms with Gasteiger partial charge in [-0.25, -0.2) is 9.78 Å². The van der Waals surface area contributed by atoms with Gasteiger partial charge in [0.15, 0.2) is 11.6 Å². The Labute approximate surface area is 115 Å². The number of methoxy groups -OCH3 is 1. The van der Waals surface area contributed by atoms with Crippen molar-refractivity contribution >= 4 is 17.6 Å². The van der Waals surface area contributed by atoms with E-state index in [1.165, 1.54) is 11.8 Å². The van der Waals surface area contributed by atoms with Crippen LogP contribution in [0.5, 0.6) is 0 Å². The number of hydrogen-bond donors (Lipinski definition) is 2. The third-order valence-corrected chi connectivity index (χ3v) is 3.10. The van der Waals surface area contributed by atoms with Gasteiger partial charge in [0.25, 0.3) is 0 Å². The number of nitrogens with zero attached hydrogens (tertiary/aromatic N) is 3. The summed E-state index contributed by atoms with van der Waals surface area (Å²) in [6.07, 6.45) is 3.77. The molecule has 20 heavy (non-hydrogen) atoms. The van der Waals surface area contributed by atoms with Crippen LogP contribution in [0, 0.1) is 0 Å². The maximum absolute atomic E-state index is 11.9. The van der Waals surface area contributed by atoms with Crippen molar-refractivity contribution in [2.45, 2.75) is 18.9 Å². The maximum atomic E-state index is 11.9. The molecule has 2 heterocycles. The number of pyridine rings is 1. The minimum Gasteiger partial charge on any atom is -0.465 e. The number of carbonyl (C=O) groups excluding carboxylic acids is 1. The van der Waals surface area contributed by atoms with E-state index in [2.05, 4.69) is 15.4 Å². The Morgan fingerprint density at radius 3 is 2.90 bits per heavy atom. The fraction of sp³-hybridized carbons (Fsp3) is 0.308. The molecular formula is C13H15N5O2. The van der Waals surface area contributed by atoms with Crippen molar-refractivity contribution < 1.29 is 9.53 Å². The van der Waals surface area contributed by atoms with E-state index in [0.717, 1.165) is 12.8 Å². The summed E-state index contributed by atoms with van der Waals surface area (Å²) in [5, 5.41) is 7.54. The first-order valence-electron chi connectivity index (χ1n) is 6.35. The second kappa shape index (κ2) is 4.84. The third-order valence-electron chi connectivity index (χ3n) is 3.10. The fourth-order valence-corrected chi connectivity index (χ4v) is 1.91. The largest absolute Gasteiger partial charge is 0.465 e. The Balaban J connectivity index is 2.07. The van der Waals surface area contributed by atoms with Crippen LogP contribution in [0.3, 0.4) is 0 Å². The fourth-order valence-electron chi connectivity index (χ4n) is 1.91. The van der Waals surface area contributed by atoms with Crippen LogP contribution in [-0.2, 0) is 4.74 Å². The average Bonchev–Trinajstić information content (AvgIpc) is 3.22. The van der Waals surface area contributed by atoms with E-state index in [9.17, 15) is 4.79 Å². The Morgan fingerprint density at radius 1 is 1.50 bits per heavy atom. The molecule has 0 atom stereocenters. The highest BCUT2D eigenvalue weighted by Gasteiger charge is 2.29. The zero-order valence-electron chi connectivity index (χ0n) is 11.0. The molecule has 2 aromatic heterocycles. The highest BCUT2D eigenvalue weighted by molar-refractivity contribution is 6.00. The summed E-state index contributed by atoms with van der Waals surface area (Å²) in [5.74, 6) is 0.716. The van der Waals surface area contributed by atoms with Gasteiger partial charge in [-0.3, -0.25) is 0 Å². The summed E-state index contributed by atoms with van der Waals surface area (Å²) in [5.41, 5.74) is 6.28. The van der Waals surface area contributed by atoms with Crippen LogP contribution in [0.4, 0.5) is 11.6 Å². The summed E-state index contributed by atoms with van der Waals surface area (Å²) < 4.78 is 6.22. The summed E-state index contributed by atoms with van der Waals surface area (Å²) in [7, 11) is 1.32. The lowest BCUT2D eigenvalue weighted by Crippen LogP contribution is -2.10. The summed E-state index contributed by atoms with van der Waals surface area (Å²) in [6, 6.07) is 5.75. The first-order valence-corrected chi connectivity index (χ1v) is 6.35. The van der Waals surface area contributed by atoms with Crippen molar-refractivity contribution in [3.63, 3.8) is 0 Å². The van der Waals surface area contributed by atoms with E-state index in [4.69, 9.17) is 10.5 Å². The van der Waals surface area contributed by atoms with Crippen molar-refractivity contribution in [2.24, 2.45) is 0 Å². The van der Waals surface area contributed by atoms with Crippen LogP contribution in [0.15, 0.2) is 24.4 Å². The summed E-state index contributed by atoms with van der Waals surface area (Å²) in [6.45, 7) is 0. The van der Waals surface area contributed by atoms with Crippen LogP contribution in [0.25, 0.3) is 5.82 Å². The molecule has 1 aliphatic carbocycles. The summed E-state index contributed by atoms with van der Waals surface area (Å²) in [4.78, 5) is 16.1. The van der Waals surface area contributed by atoms with Crippen molar-refractivity contribution in [2.75, 3.05) is 18.2 Å². The highest BCUT2D eigenvalue weighted by atomic mass is 16.5. The SMILES string of the molecule is COC(=O)c1c(NC2CC2)nn(-c2ccccn2)c1N. The number of carbonyl (C=O) groups is 1. The molecule has 1 fully saturated rings. The number of nitrogens with one attached hydrogen (secondary N) is 1. The first kappa shape index (κ1) is 12.5. The van der Waals surface area contributed by atoms with E-state index in [1.807, 2.05) is 6.07 Å². The molecule has 0 unspecified atom stereocenters. The van der Waals surface area contributed by atoms with Gasteiger partial charge < -0.3 is 15.8 Å². The molecule has 3 rings (SSSR count). The zero-order chi connectivity index (χ0) is 14.1. The number of nitrogen functional groups attached to an aromatic ring is 1. The Kier molecular flexibility index (Phi) is 3.02. The van der Waals surface area contributed by atoms with Gasteiger partial charge in [-0.1, -0.05) is 6.07 Å². The minimum atomic E-state index is -0.507. The number of hydrogen-bond acceptors (Lipinski definition) is 6. The van der Waals surface area contributed by atoms with Gasteiger partial charge in [-0.15, -0.1) is 5.10 Å². The van der Waals surface area contributed by atoms with Gasteiger partial charge in [0.05, 0.1) is 7.11 Å². The molecule has 0 bridgehead atoms. The predicted octanol–water partition coefficient (Wildman–Crippen LogP) is 1.21. The molecule has 0 radical (unpaired) electrons. The highest BCUT2D eigenvalue weighted by Crippen LogP contribution is 2.30. The lowest BCUT2D eigenvalue weighted by Gasteiger charge is -2.03. The van der Waals surface area contributed by atoms with Gasteiger partial charge in [-0.2, -0.15) is 4.68 Å². The average molecular weight is 273 g/mol. The third kappa shape index (κ3) is 2.18. The molecular weight excluding hydrogens is 258 g/mol. The number of rotatable bonds is 4. The molecule has 104 valence electrons. The maximum Gasteiger partial charge on any atom is 0.345 e. The van der Waals surface area contributed by atoms with Crippen LogP contribution in [0.2, 0.25) is 0 Å². The van der Waals surface area contributed by atoms with Crippen LogP contribution in [0.1, 0.15) is 23.2 Å². The van der Waals surface area contributed by atoms with Gasteiger partial charge in [0.1, 0.15) is 11.4 Å². The van der Waals surface area contributed by atoms with Gasteiger partial charge in [0.2, 0.25) is 0 Å². The molecule has 1 aliphatic rings. The Hall–Kier alpha value is -2.57. The standard InChI is InChI=1S/C13H15N5O2/c1-20-13(19)10-11(14)18(9-4-2-3-7-15-9)17-12(10)16-8-5-6-8/h2-4,7-8H,5-6,14H2,1H3,(H,16,17). The number of esters is 1. The lowest BCUT2D eigenvalue weighted by atomic mass is 10.3. The van der Waals surface area contributed by atoms with E-state index >= 15 is 0 Å². The molecule has 2 aromatic rings. The van der Waals surface area contributed by atoms with Gasteiger partial charge in [0, 0.05) is 12.2 Å². The molecule has 7 heteroatoms. The zero-order valence-corrected chi connectivity index (χ0v) is 11.0. The smallest absolute Gasteiger partial charge is 0.345 e. The van der Waals surface area contributed by atoms with Crippen molar-refractivity contribution in [3.8, 4) is 5.82 Å². The Bertz CT molecular complexity index is 634. The molecule has 0 aromatic carbocycles. The van der Waals surface area contributed by atoms with Gasteiger partial charge in [-0.05, 0) is 25.0 Å². The van der Waals surface area contributed by atoms with E-state index < -0.39 is 5.97 Å². The van der Waals surface area contributed by atoms with Crippen molar-refractivity contribution in [3.05, 3.63) is 30.0 Å². The number of ether oxygens (including phenoxy) is 1. The van der Waals surface area contributed by atoms with Crippen molar-refractivity contribution in [1.82, 2.24) is 14.8 Å². The molecule has 0 amide bonds. The first-order chi connectivity index (χ1) is 9.70. The number of nitrogens with two attached hydrogens (primary N) is 1. The molecule has 1 saturated carbocycles. The summed E-state index contributed by atoms with van der Waals surface area (Å²) >= 11 is 0. The Morgan fingerprint density at radius 2 is 2.30 bits per heavy atom. The lowest BCUT2D eigenvalue weighted by molar-refractivity contribution is 0.0603. The van der Waals surface area contributed by atoms with E-state index in [0.29, 0.717) is 17.7 Å². The molecule has 0 spiro atoms. The topological polar surface area (TPSA) is 95.1 Å². The minimum absolute atomic E-state index is 0.221. The van der Waals surface area contributed by atoms with Crippen molar-refractivity contribution in [1.29, 1.82) is 0 Å². The van der Waals surface area contributed by atoms with Crippen LogP contribution >= 0.6 is 0 Å². The molecule has 3 N–H and O–H groups in total. The number of anilines is 2. The molecule has 7 nitrogen and oxygen atoms in total. The van der Waals surface area contributed by atoms with E-state index in [-0.39, 0.29) is 11.4 Å². The van der Waals surface area contributed by atoms with E-state index in [1.54, 1.807) is 18.3 Å². The van der Waals surface area contributed by atoms with Gasteiger partial charge >= 0.3 is 5.97 Å². The molecule has 0 aliphatic heterocycles.